The second-order valence-corrected chi connectivity index (χ2v) is 7.93. The molecule has 0 spiro atoms. The van der Waals surface area contributed by atoms with E-state index in [0.29, 0.717) is 10.0 Å². The Labute approximate surface area is 159 Å². The zero-order valence-corrected chi connectivity index (χ0v) is 15.9. The quantitative estimate of drug-likeness (QED) is 0.767. The lowest BCUT2D eigenvalue weighted by Gasteiger charge is -2.23. The van der Waals surface area contributed by atoms with Gasteiger partial charge in [-0.1, -0.05) is 40.2 Å². The minimum Gasteiger partial charge on any atom is -0.319 e. The van der Waals surface area contributed by atoms with Crippen molar-refractivity contribution < 1.29 is 14.0 Å². The van der Waals surface area contributed by atoms with Gasteiger partial charge in [-0.25, -0.2) is 9.18 Å². The van der Waals surface area contributed by atoms with E-state index in [-0.39, 0.29) is 12.5 Å². The van der Waals surface area contributed by atoms with Crippen molar-refractivity contribution in [3.05, 3.63) is 68.9 Å². The Hall–Kier alpha value is -2.21. The van der Waals surface area contributed by atoms with Gasteiger partial charge in [0.1, 0.15) is 11.4 Å². The Kier molecular flexibility index (Phi) is 4.10. The number of carbonyl (C=O) groups excluding carboxylic acids is 2. The van der Waals surface area contributed by atoms with E-state index in [2.05, 4.69) is 21.2 Å². The minimum atomic E-state index is -1.12. The fourth-order valence-corrected chi connectivity index (χ4v) is 4.07. The number of halogens is 2. The van der Waals surface area contributed by atoms with E-state index in [1.54, 1.807) is 19.1 Å². The molecule has 1 saturated heterocycles. The van der Waals surface area contributed by atoms with Crippen molar-refractivity contribution in [3.63, 3.8) is 0 Å². The molecule has 1 fully saturated rings. The number of nitrogens with one attached hydrogen (secondary N) is 1. The smallest absolute Gasteiger partial charge is 0.319 e. The summed E-state index contributed by atoms with van der Waals surface area (Å²) in [6, 6.07) is 10.1. The van der Waals surface area contributed by atoms with Gasteiger partial charge in [-0.3, -0.25) is 9.69 Å². The fraction of sp³-hybridized carbons (Fsp3) is 0.300. The van der Waals surface area contributed by atoms with Crippen LogP contribution < -0.4 is 5.32 Å². The highest BCUT2D eigenvalue weighted by molar-refractivity contribution is 9.10. The van der Waals surface area contributed by atoms with Gasteiger partial charge >= 0.3 is 6.03 Å². The molecule has 4 nitrogen and oxygen atoms in total. The average Bonchev–Trinajstić information content (AvgIpc) is 3.15. The first-order valence-electron chi connectivity index (χ1n) is 8.59. The van der Waals surface area contributed by atoms with Crippen LogP contribution in [0, 0.1) is 5.82 Å². The SMILES string of the molecule is C[C@]1(c2ccc3c(c2)CCC3)NC(=O)N(Cc2ccc(Br)cc2F)C1=O. The first-order chi connectivity index (χ1) is 12.4. The Morgan fingerprint density at radius 1 is 1.15 bits per heavy atom. The number of urea groups is 1. The van der Waals surface area contributed by atoms with Crippen LogP contribution in [-0.4, -0.2) is 16.8 Å². The van der Waals surface area contributed by atoms with Gasteiger partial charge < -0.3 is 5.32 Å². The van der Waals surface area contributed by atoms with E-state index < -0.39 is 17.4 Å². The van der Waals surface area contributed by atoms with Gasteiger partial charge in [0.2, 0.25) is 0 Å². The van der Waals surface area contributed by atoms with Gasteiger partial charge in [-0.05, 0) is 55.0 Å². The molecule has 4 rings (SSSR count). The molecular weight excluding hydrogens is 399 g/mol. The number of aryl methyl sites for hydroxylation is 2. The molecule has 0 aromatic heterocycles. The Morgan fingerprint density at radius 2 is 1.92 bits per heavy atom. The van der Waals surface area contributed by atoms with Crippen LogP contribution in [0.25, 0.3) is 0 Å². The molecule has 1 N–H and O–H groups in total. The maximum Gasteiger partial charge on any atom is 0.325 e. The maximum atomic E-state index is 14.1. The van der Waals surface area contributed by atoms with Crippen molar-refractivity contribution >= 4 is 27.9 Å². The van der Waals surface area contributed by atoms with Crippen LogP contribution in [0.2, 0.25) is 0 Å². The molecule has 1 atom stereocenters. The lowest BCUT2D eigenvalue weighted by molar-refractivity contribution is -0.131. The largest absolute Gasteiger partial charge is 0.325 e. The second-order valence-electron chi connectivity index (χ2n) is 7.02. The summed E-state index contributed by atoms with van der Waals surface area (Å²) >= 11 is 3.21. The summed E-state index contributed by atoms with van der Waals surface area (Å²) in [4.78, 5) is 26.6. The van der Waals surface area contributed by atoms with E-state index in [4.69, 9.17) is 0 Å². The fourth-order valence-electron chi connectivity index (χ4n) is 3.74. The van der Waals surface area contributed by atoms with E-state index in [1.807, 2.05) is 18.2 Å². The third-order valence-electron chi connectivity index (χ3n) is 5.29. The summed E-state index contributed by atoms with van der Waals surface area (Å²) in [5.41, 5.74) is 2.50. The molecule has 2 aromatic rings. The molecule has 0 unspecified atom stereocenters. The standard InChI is InChI=1S/C20H18BrFN2O2/c1-20(15-7-5-12-3-2-4-13(12)9-15)18(25)24(19(26)23-20)11-14-6-8-16(21)10-17(14)22/h5-10H,2-4,11H2,1H3,(H,23,26)/t20-/m1/s1. The summed E-state index contributed by atoms with van der Waals surface area (Å²) in [5.74, 6) is -0.811. The highest BCUT2D eigenvalue weighted by Gasteiger charge is 2.49. The normalized spacial score (nSPS) is 21.9. The van der Waals surface area contributed by atoms with Gasteiger partial charge in [-0.15, -0.1) is 0 Å². The first-order valence-corrected chi connectivity index (χ1v) is 9.38. The molecule has 1 heterocycles. The number of rotatable bonds is 3. The van der Waals surface area contributed by atoms with Crippen LogP contribution in [0.3, 0.4) is 0 Å². The third-order valence-corrected chi connectivity index (χ3v) is 5.79. The molecule has 134 valence electrons. The molecule has 26 heavy (non-hydrogen) atoms. The maximum absolute atomic E-state index is 14.1. The van der Waals surface area contributed by atoms with Crippen LogP contribution >= 0.6 is 15.9 Å². The van der Waals surface area contributed by atoms with Crippen molar-refractivity contribution in [3.8, 4) is 0 Å². The van der Waals surface area contributed by atoms with E-state index in [0.717, 1.165) is 29.7 Å². The van der Waals surface area contributed by atoms with Crippen LogP contribution in [0.15, 0.2) is 40.9 Å². The highest BCUT2D eigenvalue weighted by Crippen LogP contribution is 2.33. The van der Waals surface area contributed by atoms with Crippen molar-refractivity contribution in [2.24, 2.45) is 0 Å². The summed E-state index contributed by atoms with van der Waals surface area (Å²) < 4.78 is 14.7. The second kappa shape index (κ2) is 6.20. The predicted molar refractivity (Wildman–Crippen MR) is 99.0 cm³/mol. The number of benzene rings is 2. The van der Waals surface area contributed by atoms with Gasteiger partial charge in [0.05, 0.1) is 6.54 Å². The number of amides is 3. The molecule has 2 aliphatic rings. The molecule has 6 heteroatoms. The monoisotopic (exact) mass is 416 g/mol. The highest BCUT2D eigenvalue weighted by atomic mass is 79.9. The van der Waals surface area contributed by atoms with Crippen LogP contribution in [0.4, 0.5) is 9.18 Å². The summed E-state index contributed by atoms with van der Waals surface area (Å²) in [5, 5.41) is 2.79. The number of hydrogen-bond donors (Lipinski definition) is 1. The van der Waals surface area contributed by atoms with Gasteiger partial charge in [-0.2, -0.15) is 0 Å². The Bertz CT molecular complexity index is 930. The number of carbonyl (C=O) groups is 2. The number of imide groups is 1. The zero-order valence-electron chi connectivity index (χ0n) is 14.3. The number of fused-ring (bicyclic) bond motifs is 1. The van der Waals surface area contributed by atoms with Crippen LogP contribution in [0.1, 0.15) is 35.6 Å². The van der Waals surface area contributed by atoms with Gasteiger partial charge in [0.25, 0.3) is 5.91 Å². The Morgan fingerprint density at radius 3 is 2.69 bits per heavy atom. The molecular formula is C20H18BrFN2O2. The minimum absolute atomic E-state index is 0.0929. The Balaban J connectivity index is 1.64. The average molecular weight is 417 g/mol. The first kappa shape index (κ1) is 17.2. The molecule has 2 aromatic carbocycles. The summed E-state index contributed by atoms with van der Waals surface area (Å²) in [6.07, 6.45) is 3.17. The van der Waals surface area contributed by atoms with E-state index in [1.165, 1.54) is 17.2 Å². The lowest BCUT2D eigenvalue weighted by atomic mass is 9.89. The predicted octanol–water partition coefficient (Wildman–Crippen LogP) is 4.04. The molecule has 1 aliphatic heterocycles. The molecule has 1 aliphatic carbocycles. The lowest BCUT2D eigenvalue weighted by Crippen LogP contribution is -2.41. The van der Waals surface area contributed by atoms with E-state index in [9.17, 15) is 14.0 Å². The topological polar surface area (TPSA) is 49.4 Å². The van der Waals surface area contributed by atoms with Crippen molar-refractivity contribution in [2.45, 2.75) is 38.3 Å². The van der Waals surface area contributed by atoms with Crippen LogP contribution in [0.5, 0.6) is 0 Å². The molecule has 3 amide bonds. The van der Waals surface area contributed by atoms with Crippen LogP contribution in [-0.2, 0) is 29.7 Å². The van der Waals surface area contributed by atoms with E-state index >= 15 is 0 Å². The zero-order chi connectivity index (χ0) is 18.5. The van der Waals surface area contributed by atoms with Gasteiger partial charge in [0.15, 0.2) is 0 Å². The van der Waals surface area contributed by atoms with Crippen molar-refractivity contribution in [1.82, 2.24) is 10.2 Å². The van der Waals surface area contributed by atoms with Crippen molar-refractivity contribution in [2.75, 3.05) is 0 Å². The molecule has 0 radical (unpaired) electrons. The molecule has 0 bridgehead atoms. The van der Waals surface area contributed by atoms with Gasteiger partial charge in [0, 0.05) is 10.0 Å². The summed E-state index contributed by atoms with van der Waals surface area (Å²) in [6.45, 7) is 1.62. The number of hydrogen-bond acceptors (Lipinski definition) is 2. The van der Waals surface area contributed by atoms with Crippen molar-refractivity contribution in [1.29, 1.82) is 0 Å². The third kappa shape index (κ3) is 2.72. The molecule has 0 saturated carbocycles. The number of nitrogens with zero attached hydrogens (tertiary/aromatic N) is 1. The summed E-state index contributed by atoms with van der Waals surface area (Å²) in [7, 11) is 0.